The Labute approximate surface area is 215 Å². The van der Waals surface area contributed by atoms with E-state index in [2.05, 4.69) is 10.6 Å². The quantitative estimate of drug-likeness (QED) is 0.432. The molecule has 200 valence electrons. The van der Waals surface area contributed by atoms with Crippen molar-refractivity contribution >= 4 is 28.7 Å². The maximum absolute atomic E-state index is 12.5. The molecular formula is C27H35N3O7. The number of nitrogens with one attached hydrogen (secondary N) is 2. The minimum atomic E-state index is -0.663. The van der Waals surface area contributed by atoms with Crippen molar-refractivity contribution in [2.24, 2.45) is 5.92 Å². The topological polar surface area (TPSA) is 138 Å². The van der Waals surface area contributed by atoms with Crippen molar-refractivity contribution in [1.82, 2.24) is 15.5 Å². The zero-order valence-electron chi connectivity index (χ0n) is 21.2. The van der Waals surface area contributed by atoms with E-state index in [1.54, 1.807) is 23.1 Å². The lowest BCUT2D eigenvalue weighted by molar-refractivity contribution is -0.143. The van der Waals surface area contributed by atoms with Gasteiger partial charge < -0.3 is 29.8 Å². The maximum Gasteiger partial charge on any atom is 0.336 e. The molecule has 2 aliphatic rings. The fourth-order valence-corrected chi connectivity index (χ4v) is 5.30. The Kier molecular flexibility index (Phi) is 8.48. The zero-order chi connectivity index (χ0) is 26.4. The van der Waals surface area contributed by atoms with Gasteiger partial charge in [-0.25, -0.2) is 4.79 Å². The van der Waals surface area contributed by atoms with Crippen LogP contribution in [-0.4, -0.2) is 66.1 Å². The summed E-state index contributed by atoms with van der Waals surface area (Å²) >= 11 is 0. The molecule has 1 aromatic heterocycles. The molecule has 3 amide bonds. The van der Waals surface area contributed by atoms with Crippen LogP contribution in [0.4, 0.5) is 0 Å². The number of hydrogen-bond donors (Lipinski definition) is 3. The Bertz CT molecular complexity index is 1210. The molecule has 0 bridgehead atoms. The number of carbonyl (C=O) groups is 3. The van der Waals surface area contributed by atoms with Gasteiger partial charge in [-0.15, -0.1) is 0 Å². The van der Waals surface area contributed by atoms with E-state index in [1.165, 1.54) is 6.07 Å². The van der Waals surface area contributed by atoms with Crippen LogP contribution in [0.5, 0.6) is 5.75 Å². The molecule has 1 aromatic carbocycles. The Morgan fingerprint density at radius 1 is 1.14 bits per heavy atom. The fourth-order valence-electron chi connectivity index (χ4n) is 5.30. The highest BCUT2D eigenvalue weighted by Crippen LogP contribution is 2.39. The second kappa shape index (κ2) is 11.8. The third kappa shape index (κ3) is 6.68. The highest BCUT2D eigenvalue weighted by atomic mass is 16.5. The predicted octanol–water partition coefficient (Wildman–Crippen LogP) is 1.51. The normalized spacial score (nSPS) is 21.2. The molecule has 2 aromatic rings. The van der Waals surface area contributed by atoms with Crippen LogP contribution in [0.25, 0.3) is 11.0 Å². The summed E-state index contributed by atoms with van der Waals surface area (Å²) in [5, 5.41) is 16.6. The molecule has 2 fully saturated rings. The Morgan fingerprint density at radius 2 is 1.95 bits per heavy atom. The highest BCUT2D eigenvalue weighted by Gasteiger charge is 2.43. The number of hydrogen-bond acceptors (Lipinski definition) is 7. The van der Waals surface area contributed by atoms with Gasteiger partial charge in [-0.05, 0) is 43.4 Å². The summed E-state index contributed by atoms with van der Waals surface area (Å²) in [4.78, 5) is 50.3. The molecule has 3 N–H and O–H groups in total. The van der Waals surface area contributed by atoms with Crippen molar-refractivity contribution in [3.8, 4) is 5.75 Å². The number of likely N-dealkylation sites (tertiary alicyclic amines) is 1. The summed E-state index contributed by atoms with van der Waals surface area (Å²) in [5.74, 6) is -0.730. The van der Waals surface area contributed by atoms with Crippen molar-refractivity contribution in [3.63, 3.8) is 0 Å². The molecule has 1 aliphatic carbocycles. The summed E-state index contributed by atoms with van der Waals surface area (Å²) < 4.78 is 10.8. The van der Waals surface area contributed by atoms with E-state index in [9.17, 15) is 24.3 Å². The lowest BCUT2D eigenvalue weighted by atomic mass is 9.71. The van der Waals surface area contributed by atoms with E-state index in [0.29, 0.717) is 30.8 Å². The first-order chi connectivity index (χ1) is 17.8. The number of carbonyl (C=O) groups excluding carboxylic acids is 3. The van der Waals surface area contributed by atoms with Gasteiger partial charge >= 0.3 is 5.63 Å². The number of amides is 3. The molecule has 1 aliphatic heterocycles. The van der Waals surface area contributed by atoms with Gasteiger partial charge in [-0.1, -0.05) is 26.2 Å². The van der Waals surface area contributed by atoms with Crippen LogP contribution in [0, 0.1) is 5.92 Å². The van der Waals surface area contributed by atoms with Crippen LogP contribution in [0.2, 0.25) is 0 Å². The first-order valence-electron chi connectivity index (χ1n) is 13.0. The van der Waals surface area contributed by atoms with E-state index in [-0.39, 0.29) is 31.5 Å². The van der Waals surface area contributed by atoms with Crippen molar-refractivity contribution in [2.45, 2.75) is 57.5 Å². The molecule has 1 saturated heterocycles. The molecule has 2 heterocycles. The first kappa shape index (κ1) is 26.7. The molecule has 4 rings (SSSR count). The minimum Gasteiger partial charge on any atom is -0.484 e. The lowest BCUT2D eigenvalue weighted by Crippen LogP contribution is -2.56. The molecule has 1 saturated carbocycles. The largest absolute Gasteiger partial charge is 0.484 e. The van der Waals surface area contributed by atoms with Gasteiger partial charge in [0.25, 0.3) is 5.91 Å². The van der Waals surface area contributed by atoms with Crippen LogP contribution in [0.1, 0.15) is 51.0 Å². The predicted molar refractivity (Wildman–Crippen MR) is 136 cm³/mol. The molecule has 0 spiro atoms. The molecule has 37 heavy (non-hydrogen) atoms. The number of fused-ring (bicyclic) bond motifs is 2. The minimum absolute atomic E-state index is 0.0889. The molecular weight excluding hydrogens is 478 g/mol. The number of aryl methyl sites for hydroxylation is 1. The lowest BCUT2D eigenvalue weighted by Gasteiger charge is -2.47. The molecule has 10 heteroatoms. The third-order valence-corrected chi connectivity index (χ3v) is 7.35. The average molecular weight is 514 g/mol. The maximum atomic E-state index is 12.5. The van der Waals surface area contributed by atoms with E-state index in [0.717, 1.165) is 49.5 Å². The molecule has 10 nitrogen and oxygen atoms in total. The average Bonchev–Trinajstić information content (AvgIpc) is 2.88. The number of piperidine rings is 1. The fraction of sp³-hybridized carbons (Fsp3) is 0.556. The highest BCUT2D eigenvalue weighted by molar-refractivity contribution is 5.88. The summed E-state index contributed by atoms with van der Waals surface area (Å²) in [5.41, 5.74) is 0.188. The summed E-state index contributed by atoms with van der Waals surface area (Å²) in [7, 11) is 0. The Hall–Kier alpha value is -3.40. The number of rotatable bonds is 9. The number of nitrogens with zero attached hydrogens (tertiary/aromatic N) is 1. The second-order valence-corrected chi connectivity index (χ2v) is 9.98. The second-order valence-electron chi connectivity index (χ2n) is 9.98. The monoisotopic (exact) mass is 513 g/mol. The van der Waals surface area contributed by atoms with E-state index in [4.69, 9.17) is 9.15 Å². The smallest absolute Gasteiger partial charge is 0.336 e. The van der Waals surface area contributed by atoms with Crippen molar-refractivity contribution in [3.05, 3.63) is 40.2 Å². The van der Waals surface area contributed by atoms with Crippen LogP contribution < -0.4 is 21.0 Å². The van der Waals surface area contributed by atoms with Gasteiger partial charge in [0.05, 0.1) is 18.7 Å². The van der Waals surface area contributed by atoms with Crippen LogP contribution in [0.3, 0.4) is 0 Å². The van der Waals surface area contributed by atoms with Crippen LogP contribution >= 0.6 is 0 Å². The SMILES string of the molecule is CCCc1cc(=O)oc2cc(OCC(=O)NCC(=O)NCC(=O)N3CC[C@]4(O)CCCC[C@H]4C3)ccc12. The number of benzene rings is 1. The van der Waals surface area contributed by atoms with Crippen molar-refractivity contribution in [2.75, 3.05) is 32.8 Å². The number of aliphatic hydroxyl groups is 1. The standard InChI is InChI=1S/C27H35N3O7/c1-2-5-18-12-26(34)37-22-13-20(7-8-21(18)22)36-17-24(32)28-14-23(31)29-15-25(33)30-11-10-27(35)9-4-3-6-19(27)16-30/h7-8,12-13,19,35H,2-6,9-11,14-17H2,1H3,(H,28,32)(H,29,31)/t19-,27+/m0/s1. The van der Waals surface area contributed by atoms with Crippen LogP contribution in [-0.2, 0) is 20.8 Å². The van der Waals surface area contributed by atoms with E-state index in [1.807, 2.05) is 6.92 Å². The van der Waals surface area contributed by atoms with E-state index < -0.39 is 23.0 Å². The summed E-state index contributed by atoms with van der Waals surface area (Å²) in [6.45, 7) is 2.25. The first-order valence-corrected chi connectivity index (χ1v) is 13.0. The third-order valence-electron chi connectivity index (χ3n) is 7.35. The van der Waals surface area contributed by atoms with Gasteiger partial charge in [-0.3, -0.25) is 14.4 Å². The molecule has 0 unspecified atom stereocenters. The van der Waals surface area contributed by atoms with Crippen molar-refractivity contribution < 1.29 is 28.6 Å². The van der Waals surface area contributed by atoms with Gasteiger partial charge in [-0.2, -0.15) is 0 Å². The zero-order valence-corrected chi connectivity index (χ0v) is 21.2. The summed E-state index contributed by atoms with van der Waals surface area (Å²) in [6.07, 6.45) is 5.99. The molecule has 2 atom stereocenters. The summed E-state index contributed by atoms with van der Waals surface area (Å²) in [6, 6.07) is 6.54. The van der Waals surface area contributed by atoms with Gasteiger partial charge in [0.1, 0.15) is 11.3 Å². The van der Waals surface area contributed by atoms with Gasteiger partial charge in [0.15, 0.2) is 6.61 Å². The molecule has 0 radical (unpaired) electrons. The van der Waals surface area contributed by atoms with Crippen molar-refractivity contribution in [1.29, 1.82) is 0 Å². The van der Waals surface area contributed by atoms with Crippen LogP contribution in [0.15, 0.2) is 33.5 Å². The number of ether oxygens (including phenoxy) is 1. The Balaban J connectivity index is 1.18. The van der Waals surface area contributed by atoms with Gasteiger partial charge in [0.2, 0.25) is 11.8 Å². The Morgan fingerprint density at radius 3 is 2.76 bits per heavy atom. The van der Waals surface area contributed by atoms with Gasteiger partial charge in [0, 0.05) is 36.5 Å². The van der Waals surface area contributed by atoms with E-state index >= 15 is 0 Å².